The quantitative estimate of drug-likeness (QED) is 0.217. The largest absolute Gasteiger partial charge is 0.458 e. The molecule has 0 aromatic carbocycles. The van der Waals surface area contributed by atoms with Gasteiger partial charge in [0, 0.05) is 52.7 Å². The molecule has 55 heavy (non-hydrogen) atoms. The summed E-state index contributed by atoms with van der Waals surface area (Å²) in [6, 6.07) is -1.04. The third kappa shape index (κ3) is 11.3. The third-order valence-corrected chi connectivity index (χ3v) is 11.9. The van der Waals surface area contributed by atoms with Crippen molar-refractivity contribution in [2.75, 3.05) is 35.0 Å². The van der Waals surface area contributed by atoms with Crippen LogP contribution in [-0.4, -0.2) is 146 Å². The van der Waals surface area contributed by atoms with Crippen LogP contribution in [0.2, 0.25) is 0 Å². The van der Waals surface area contributed by atoms with E-state index in [1.807, 2.05) is 54.5 Å². The maximum absolute atomic E-state index is 14.2. The summed E-state index contributed by atoms with van der Waals surface area (Å²) in [6.45, 7) is 18.0. The van der Waals surface area contributed by atoms with Gasteiger partial charge in [0.2, 0.25) is 11.8 Å². The lowest BCUT2D eigenvalue weighted by molar-refractivity contribution is -0.319. The van der Waals surface area contributed by atoms with Gasteiger partial charge in [-0.1, -0.05) is 26.8 Å². The van der Waals surface area contributed by atoms with Crippen molar-refractivity contribution < 1.29 is 62.5 Å². The van der Waals surface area contributed by atoms with Gasteiger partial charge in [0.05, 0.1) is 47.6 Å². The van der Waals surface area contributed by atoms with Crippen molar-refractivity contribution >= 4 is 17.8 Å². The van der Waals surface area contributed by atoms with E-state index in [1.54, 1.807) is 27.8 Å². The Labute approximate surface area is 328 Å². The van der Waals surface area contributed by atoms with Crippen LogP contribution in [0.15, 0.2) is 11.6 Å². The van der Waals surface area contributed by atoms with Crippen LogP contribution >= 0.6 is 0 Å². The number of ether oxygens (including phenoxy) is 8. The average Bonchev–Trinajstić information content (AvgIpc) is 3.13. The van der Waals surface area contributed by atoms with Gasteiger partial charge in [-0.15, -0.1) is 0 Å². The molecule has 0 unspecified atom stereocenters. The van der Waals surface area contributed by atoms with Gasteiger partial charge in [0.1, 0.15) is 24.9 Å². The van der Waals surface area contributed by atoms with E-state index < -0.39 is 96.3 Å². The lowest BCUT2D eigenvalue weighted by Crippen LogP contribution is -2.61. The van der Waals surface area contributed by atoms with Gasteiger partial charge >= 0.3 is 5.97 Å². The number of nitrogens with one attached hydrogen (secondary N) is 1. The molecule has 3 aliphatic rings. The summed E-state index contributed by atoms with van der Waals surface area (Å²) >= 11 is 0. The normalized spacial score (nSPS) is 43.6. The number of hydrogen-bond acceptors (Lipinski definition) is 13. The molecule has 0 saturated carbocycles. The zero-order chi connectivity index (χ0) is 41.6. The molecular formula is C40H70N2O13. The van der Waals surface area contributed by atoms with Crippen LogP contribution in [-0.2, 0) is 52.3 Å². The van der Waals surface area contributed by atoms with Gasteiger partial charge in [-0.25, -0.2) is 0 Å². The van der Waals surface area contributed by atoms with E-state index >= 15 is 0 Å². The lowest BCUT2D eigenvalue weighted by atomic mass is 9.77. The Morgan fingerprint density at radius 1 is 0.982 bits per heavy atom. The second kappa shape index (κ2) is 20.0. The Morgan fingerprint density at radius 2 is 1.62 bits per heavy atom. The highest BCUT2D eigenvalue weighted by Gasteiger charge is 2.52. The number of hydrogen-bond donors (Lipinski definition) is 3. The number of aliphatic hydroxyl groups is 2. The fourth-order valence-electron chi connectivity index (χ4n) is 8.35. The fraction of sp³-hybridized carbons (Fsp3) is 0.875. The molecule has 16 atom stereocenters. The molecule has 0 radical (unpaired) electrons. The molecule has 0 bridgehead atoms. The zero-order valence-corrected chi connectivity index (χ0v) is 35.5. The van der Waals surface area contributed by atoms with E-state index in [9.17, 15) is 24.6 Å². The van der Waals surface area contributed by atoms with E-state index in [4.69, 9.17) is 37.9 Å². The predicted molar refractivity (Wildman–Crippen MR) is 203 cm³/mol. The first kappa shape index (κ1) is 47.2. The van der Waals surface area contributed by atoms with Gasteiger partial charge in [-0.05, 0) is 73.3 Å². The SMILES string of the molecule is CC[C@H]1OC(=O)[C@H](C)[C@@H](O[C@H]2C[C@@](C)(OC)[C@@H](O)[C@H](C)O2)[C@H](C)[C@@H](O[C@@H]2O[C@H](C)C[C@H](N(C)C(=O)COC)[C@H]2O)[C@](C)(OC)C[C@@H](C)C(=O)N[C@H](C)/C=C/1C. The van der Waals surface area contributed by atoms with Crippen LogP contribution in [0, 0.1) is 17.8 Å². The first-order valence-electron chi connectivity index (χ1n) is 19.7. The van der Waals surface area contributed by atoms with Crippen LogP contribution in [0.5, 0.6) is 0 Å². The number of rotatable bonds is 10. The molecule has 3 rings (SSSR count). The standard InChI is InChI=1S/C40H70N2O13/c1-15-29-21(2)16-23(4)41-36(46)22(3)18-40(10,50-14)35(55-38-32(44)28(17-24(5)51-38)42(11)30(43)20-48-12)25(6)33(26(7)37(47)53-29)54-31-19-39(9,49-13)34(45)27(8)52-31/h16,22-29,31-35,38,44-45H,15,17-20H2,1-14H3,(H,41,46)/b21-16+/t22-,23-,24-,25+,26-,27+,28+,29-,31+,32-,33+,34+,35-,38+,39-,40-/m1/s1. The van der Waals surface area contributed by atoms with Crippen molar-refractivity contribution in [3.63, 3.8) is 0 Å². The molecule has 3 N–H and O–H groups in total. The molecule has 0 aromatic heterocycles. The van der Waals surface area contributed by atoms with E-state index in [2.05, 4.69) is 5.32 Å². The van der Waals surface area contributed by atoms with E-state index in [0.717, 1.165) is 5.57 Å². The number of carbonyl (C=O) groups excluding carboxylic acids is 3. The Hall–Kier alpha value is -2.21. The number of esters is 1. The Morgan fingerprint density at radius 3 is 2.20 bits per heavy atom. The molecule has 2 fully saturated rings. The monoisotopic (exact) mass is 786 g/mol. The van der Waals surface area contributed by atoms with Crippen molar-refractivity contribution in [2.24, 2.45) is 17.8 Å². The first-order chi connectivity index (χ1) is 25.7. The molecule has 318 valence electrons. The Kier molecular flexibility index (Phi) is 17.1. The van der Waals surface area contributed by atoms with Crippen molar-refractivity contribution in [3.8, 4) is 0 Å². The second-order valence-corrected chi connectivity index (χ2v) is 16.5. The second-order valence-electron chi connectivity index (χ2n) is 16.5. The number of amides is 2. The van der Waals surface area contributed by atoms with E-state index in [0.29, 0.717) is 12.8 Å². The number of methoxy groups -OCH3 is 3. The van der Waals surface area contributed by atoms with Gasteiger partial charge in [0.25, 0.3) is 0 Å². The van der Waals surface area contributed by atoms with E-state index in [1.165, 1.54) is 26.2 Å². The maximum atomic E-state index is 14.2. The molecule has 0 aliphatic carbocycles. The first-order valence-corrected chi connectivity index (χ1v) is 19.7. The number of aliphatic hydroxyl groups excluding tert-OH is 2. The number of nitrogens with zero attached hydrogens (tertiary/aromatic N) is 1. The molecule has 2 saturated heterocycles. The highest BCUT2D eigenvalue weighted by atomic mass is 16.7. The van der Waals surface area contributed by atoms with Crippen LogP contribution < -0.4 is 5.32 Å². The number of likely N-dealkylation sites (N-methyl/N-ethyl adjacent to an activating group) is 1. The van der Waals surface area contributed by atoms with Crippen molar-refractivity contribution in [3.05, 3.63) is 11.6 Å². The topological polar surface area (TPSA) is 181 Å². The maximum Gasteiger partial charge on any atom is 0.311 e. The summed E-state index contributed by atoms with van der Waals surface area (Å²) in [7, 11) is 6.07. The summed E-state index contributed by atoms with van der Waals surface area (Å²) in [6.07, 6.45) is -4.98. The van der Waals surface area contributed by atoms with Crippen LogP contribution in [0.4, 0.5) is 0 Å². The van der Waals surface area contributed by atoms with Crippen molar-refractivity contribution in [1.29, 1.82) is 0 Å². The number of carbonyl (C=O) groups is 3. The molecule has 3 heterocycles. The minimum atomic E-state index is -1.29. The van der Waals surface area contributed by atoms with Gasteiger partial charge < -0.3 is 58.3 Å². The average molecular weight is 787 g/mol. The molecule has 2 amide bonds. The summed E-state index contributed by atoms with van der Waals surface area (Å²) in [5, 5.41) is 25.8. The van der Waals surface area contributed by atoms with Crippen LogP contribution in [0.25, 0.3) is 0 Å². The minimum Gasteiger partial charge on any atom is -0.458 e. The lowest BCUT2D eigenvalue weighted by Gasteiger charge is -2.49. The summed E-state index contributed by atoms with van der Waals surface area (Å²) in [4.78, 5) is 42.3. The highest BCUT2D eigenvalue weighted by molar-refractivity contribution is 5.79. The van der Waals surface area contributed by atoms with Gasteiger partial charge in [-0.2, -0.15) is 0 Å². The molecule has 15 nitrogen and oxygen atoms in total. The van der Waals surface area contributed by atoms with Crippen LogP contribution in [0.1, 0.15) is 94.9 Å². The molecule has 15 heteroatoms. The Bertz CT molecular complexity index is 1320. The van der Waals surface area contributed by atoms with Crippen molar-refractivity contribution in [2.45, 2.75) is 174 Å². The van der Waals surface area contributed by atoms with Gasteiger partial charge in [-0.3, -0.25) is 14.4 Å². The van der Waals surface area contributed by atoms with Gasteiger partial charge in [0.15, 0.2) is 12.6 Å². The molecule has 3 aliphatic heterocycles. The molecule has 0 aromatic rings. The fourth-order valence-corrected chi connectivity index (χ4v) is 8.35. The summed E-state index contributed by atoms with van der Waals surface area (Å²) < 4.78 is 49.4. The predicted octanol–water partition coefficient (Wildman–Crippen LogP) is 3.12. The molecular weight excluding hydrogens is 716 g/mol. The zero-order valence-electron chi connectivity index (χ0n) is 35.5. The highest BCUT2D eigenvalue weighted by Crippen LogP contribution is 2.40. The Balaban J connectivity index is 2.20. The van der Waals surface area contributed by atoms with Crippen molar-refractivity contribution in [1.82, 2.24) is 10.2 Å². The minimum absolute atomic E-state index is 0.146. The molecule has 0 spiro atoms. The third-order valence-electron chi connectivity index (χ3n) is 11.9. The summed E-state index contributed by atoms with van der Waals surface area (Å²) in [5.74, 6) is -3.24. The summed E-state index contributed by atoms with van der Waals surface area (Å²) in [5.41, 5.74) is -1.46. The van der Waals surface area contributed by atoms with Crippen LogP contribution in [0.3, 0.4) is 0 Å². The number of cyclic esters (lactones) is 1. The smallest absolute Gasteiger partial charge is 0.311 e. The van der Waals surface area contributed by atoms with E-state index in [-0.39, 0.29) is 37.3 Å².